The van der Waals surface area contributed by atoms with Crippen LogP contribution in [-0.4, -0.2) is 9.97 Å². The third kappa shape index (κ3) is 0.753. The summed E-state index contributed by atoms with van der Waals surface area (Å²) in [4.78, 5) is 7.11. The van der Waals surface area contributed by atoms with Crippen LogP contribution in [-0.2, 0) is 0 Å². The number of aromatic amines is 1. The molecule has 10 heavy (non-hydrogen) atoms. The molecule has 0 saturated heterocycles. The summed E-state index contributed by atoms with van der Waals surface area (Å²) in [5.41, 5.74) is 2.44. The van der Waals surface area contributed by atoms with Gasteiger partial charge in [0.05, 0.1) is 5.69 Å². The van der Waals surface area contributed by atoms with Gasteiger partial charge in [-0.3, -0.25) is 0 Å². The minimum atomic E-state index is 0.763. The Bertz CT molecular complexity index is 223. The van der Waals surface area contributed by atoms with E-state index in [1.807, 2.05) is 6.92 Å². The van der Waals surface area contributed by atoms with Crippen molar-refractivity contribution in [3.63, 3.8) is 0 Å². The first-order chi connectivity index (χ1) is 4.88. The number of rotatable bonds is 1. The van der Waals surface area contributed by atoms with E-state index >= 15 is 0 Å². The quantitative estimate of drug-likeness (QED) is 0.624. The molecule has 2 nitrogen and oxygen atoms in total. The van der Waals surface area contributed by atoms with Crippen LogP contribution >= 0.6 is 0 Å². The number of nitrogens with zero attached hydrogens (tertiary/aromatic N) is 1. The van der Waals surface area contributed by atoms with Gasteiger partial charge in [-0.05, 0) is 19.8 Å². The number of hydrogen-bond acceptors (Lipinski definition) is 1. The second-order valence-corrected chi connectivity index (χ2v) is 2.98. The SMILES string of the molecule is Cc1n[c][nH]c1C1CCC1. The van der Waals surface area contributed by atoms with E-state index in [1.54, 1.807) is 0 Å². The van der Waals surface area contributed by atoms with E-state index in [-0.39, 0.29) is 0 Å². The summed E-state index contributed by atoms with van der Waals surface area (Å²) in [6.07, 6.45) is 6.81. The normalized spacial score (nSPS) is 18.9. The molecule has 2 heteroatoms. The number of aryl methyl sites for hydroxylation is 1. The highest BCUT2D eigenvalue weighted by Crippen LogP contribution is 2.35. The Hall–Kier alpha value is -0.790. The number of hydrogen-bond donors (Lipinski definition) is 1. The van der Waals surface area contributed by atoms with Crippen molar-refractivity contribution in [2.75, 3.05) is 0 Å². The summed E-state index contributed by atoms with van der Waals surface area (Å²) in [7, 11) is 0. The molecule has 0 aliphatic heterocycles. The van der Waals surface area contributed by atoms with Crippen LogP contribution in [0.5, 0.6) is 0 Å². The summed E-state index contributed by atoms with van der Waals surface area (Å²) in [6.45, 7) is 2.04. The highest BCUT2D eigenvalue weighted by Gasteiger charge is 2.22. The van der Waals surface area contributed by atoms with Crippen molar-refractivity contribution in [3.05, 3.63) is 17.7 Å². The van der Waals surface area contributed by atoms with Crippen molar-refractivity contribution >= 4 is 0 Å². The highest BCUT2D eigenvalue weighted by molar-refractivity contribution is 5.16. The van der Waals surface area contributed by atoms with Gasteiger partial charge in [0.2, 0.25) is 0 Å². The Morgan fingerprint density at radius 3 is 2.80 bits per heavy atom. The lowest BCUT2D eigenvalue weighted by Crippen LogP contribution is -2.10. The molecule has 1 saturated carbocycles. The fourth-order valence-corrected chi connectivity index (χ4v) is 1.42. The Morgan fingerprint density at radius 2 is 2.40 bits per heavy atom. The zero-order valence-corrected chi connectivity index (χ0v) is 6.15. The number of H-pyrrole nitrogens is 1. The van der Waals surface area contributed by atoms with Crippen molar-refractivity contribution in [1.82, 2.24) is 9.97 Å². The lowest BCUT2D eigenvalue weighted by molar-refractivity contribution is 0.410. The van der Waals surface area contributed by atoms with Gasteiger partial charge in [0, 0.05) is 11.6 Å². The maximum atomic E-state index is 4.04. The van der Waals surface area contributed by atoms with Crippen LogP contribution in [0.25, 0.3) is 0 Å². The molecule has 0 atom stereocenters. The highest BCUT2D eigenvalue weighted by atomic mass is 14.9. The van der Waals surface area contributed by atoms with Gasteiger partial charge in [-0.15, -0.1) is 0 Å². The Morgan fingerprint density at radius 1 is 1.60 bits per heavy atom. The van der Waals surface area contributed by atoms with Crippen LogP contribution in [0.3, 0.4) is 0 Å². The first-order valence-electron chi connectivity index (χ1n) is 3.80. The number of imidazole rings is 1. The molecular formula is C8H11N2. The average molecular weight is 135 g/mol. The minimum Gasteiger partial charge on any atom is -0.339 e. The Kier molecular flexibility index (Phi) is 1.26. The molecule has 1 aliphatic carbocycles. The molecular weight excluding hydrogens is 124 g/mol. The van der Waals surface area contributed by atoms with Gasteiger partial charge < -0.3 is 4.98 Å². The lowest BCUT2D eigenvalue weighted by Gasteiger charge is -2.24. The van der Waals surface area contributed by atoms with Crippen LogP contribution in [0.1, 0.15) is 36.6 Å². The number of nitrogens with one attached hydrogen (secondary N) is 1. The van der Waals surface area contributed by atoms with Gasteiger partial charge in [0.25, 0.3) is 0 Å². The molecule has 1 aromatic rings. The summed E-state index contributed by atoms with van der Waals surface area (Å²) in [5.74, 6) is 0.763. The van der Waals surface area contributed by atoms with E-state index in [2.05, 4.69) is 16.3 Å². The summed E-state index contributed by atoms with van der Waals surface area (Å²) < 4.78 is 0. The second-order valence-electron chi connectivity index (χ2n) is 2.98. The third-order valence-electron chi connectivity index (χ3n) is 2.32. The van der Waals surface area contributed by atoms with Gasteiger partial charge in [0.15, 0.2) is 6.33 Å². The Balaban J connectivity index is 2.23. The van der Waals surface area contributed by atoms with E-state index in [4.69, 9.17) is 0 Å². The fraction of sp³-hybridized carbons (Fsp3) is 0.625. The van der Waals surface area contributed by atoms with Crippen LogP contribution in [0, 0.1) is 13.3 Å². The molecule has 1 heterocycles. The van der Waals surface area contributed by atoms with Gasteiger partial charge >= 0.3 is 0 Å². The molecule has 1 N–H and O–H groups in total. The smallest absolute Gasteiger partial charge is 0.174 e. The topological polar surface area (TPSA) is 28.7 Å². The van der Waals surface area contributed by atoms with Gasteiger partial charge in [-0.1, -0.05) is 6.42 Å². The molecule has 0 bridgehead atoms. The molecule has 2 rings (SSSR count). The first kappa shape index (κ1) is 5.96. The summed E-state index contributed by atoms with van der Waals surface area (Å²) >= 11 is 0. The van der Waals surface area contributed by atoms with Crippen LogP contribution in [0.15, 0.2) is 0 Å². The van der Waals surface area contributed by atoms with Crippen molar-refractivity contribution in [2.45, 2.75) is 32.1 Å². The number of aromatic nitrogens is 2. The van der Waals surface area contributed by atoms with E-state index in [1.165, 1.54) is 25.0 Å². The molecule has 0 amide bonds. The Labute approximate surface area is 60.7 Å². The summed E-state index contributed by atoms with van der Waals surface area (Å²) in [6, 6.07) is 0. The zero-order chi connectivity index (χ0) is 6.97. The van der Waals surface area contributed by atoms with Crippen molar-refractivity contribution in [1.29, 1.82) is 0 Å². The lowest BCUT2D eigenvalue weighted by atomic mass is 9.82. The van der Waals surface area contributed by atoms with Crippen molar-refractivity contribution in [2.24, 2.45) is 0 Å². The predicted octanol–water partition coefficient (Wildman–Crippen LogP) is 1.79. The van der Waals surface area contributed by atoms with Crippen LogP contribution in [0.2, 0.25) is 0 Å². The fourth-order valence-electron chi connectivity index (χ4n) is 1.42. The van der Waals surface area contributed by atoms with Gasteiger partial charge in [0.1, 0.15) is 0 Å². The first-order valence-corrected chi connectivity index (χ1v) is 3.80. The summed E-state index contributed by atoms with van der Waals surface area (Å²) in [5, 5.41) is 0. The average Bonchev–Trinajstić information content (AvgIpc) is 2.12. The maximum Gasteiger partial charge on any atom is 0.174 e. The van der Waals surface area contributed by atoms with Gasteiger partial charge in [-0.2, -0.15) is 0 Å². The van der Waals surface area contributed by atoms with Gasteiger partial charge in [-0.25, -0.2) is 4.98 Å². The largest absolute Gasteiger partial charge is 0.339 e. The van der Waals surface area contributed by atoms with E-state index in [0.29, 0.717) is 0 Å². The minimum absolute atomic E-state index is 0.763. The van der Waals surface area contributed by atoms with Crippen molar-refractivity contribution in [3.8, 4) is 0 Å². The molecule has 1 aliphatic rings. The molecule has 1 radical (unpaired) electrons. The maximum absolute atomic E-state index is 4.04. The molecule has 1 aromatic heterocycles. The molecule has 1 fully saturated rings. The van der Waals surface area contributed by atoms with Crippen LogP contribution in [0.4, 0.5) is 0 Å². The van der Waals surface area contributed by atoms with Crippen molar-refractivity contribution < 1.29 is 0 Å². The molecule has 53 valence electrons. The zero-order valence-electron chi connectivity index (χ0n) is 6.15. The monoisotopic (exact) mass is 135 g/mol. The van der Waals surface area contributed by atoms with E-state index in [0.717, 1.165) is 11.6 Å². The van der Waals surface area contributed by atoms with E-state index < -0.39 is 0 Å². The molecule has 0 unspecified atom stereocenters. The second kappa shape index (κ2) is 2.11. The van der Waals surface area contributed by atoms with E-state index in [9.17, 15) is 0 Å². The molecule has 0 spiro atoms. The predicted molar refractivity (Wildman–Crippen MR) is 38.8 cm³/mol. The molecule has 0 aromatic carbocycles. The van der Waals surface area contributed by atoms with Crippen LogP contribution < -0.4 is 0 Å². The third-order valence-corrected chi connectivity index (χ3v) is 2.32. The standard InChI is InChI=1S/C8H11N2/c1-6-8(10-5-9-6)7-3-2-4-7/h7H,2-4H2,1H3,(H,9,10).